The Labute approximate surface area is 119 Å². The number of nitrogens with zero attached hydrogens (tertiary/aromatic N) is 1. The molecular weight excluding hydrogens is 289 g/mol. The van der Waals surface area contributed by atoms with Crippen LogP contribution in [0, 0.1) is 17.5 Å². The number of likely N-dealkylation sites (N-methyl/N-ethyl adjacent to an activating group) is 1. The molecule has 0 saturated heterocycles. The Hall–Kier alpha value is -2.09. The summed E-state index contributed by atoms with van der Waals surface area (Å²) in [5.41, 5.74) is -0.367. The zero-order valence-corrected chi connectivity index (χ0v) is 11.5. The third-order valence-corrected chi connectivity index (χ3v) is 2.66. The molecule has 2 amide bonds. The van der Waals surface area contributed by atoms with Crippen molar-refractivity contribution < 1.29 is 27.9 Å². The molecule has 0 bridgehead atoms. The van der Waals surface area contributed by atoms with Gasteiger partial charge in [-0.2, -0.15) is 0 Å². The molecule has 1 aromatic rings. The van der Waals surface area contributed by atoms with Crippen LogP contribution >= 0.6 is 0 Å². The summed E-state index contributed by atoms with van der Waals surface area (Å²) >= 11 is 0. The smallest absolute Gasteiger partial charge is 0.313 e. The van der Waals surface area contributed by atoms with E-state index >= 15 is 0 Å². The lowest BCUT2D eigenvalue weighted by Gasteiger charge is -2.17. The van der Waals surface area contributed by atoms with Crippen molar-refractivity contribution in [1.82, 2.24) is 4.90 Å². The Kier molecular flexibility index (Phi) is 5.71. The lowest BCUT2D eigenvalue weighted by Crippen LogP contribution is -2.38. The molecule has 1 atom stereocenters. The first kappa shape index (κ1) is 17.0. The Balaban J connectivity index is 2.70. The second kappa shape index (κ2) is 7.07. The second-order valence-electron chi connectivity index (χ2n) is 4.57. The summed E-state index contributed by atoms with van der Waals surface area (Å²) in [5, 5.41) is 11.1. The fourth-order valence-corrected chi connectivity index (χ4v) is 1.47. The third-order valence-electron chi connectivity index (χ3n) is 2.66. The van der Waals surface area contributed by atoms with Gasteiger partial charge in [-0.15, -0.1) is 0 Å². The number of anilines is 1. The molecule has 8 heteroatoms. The topological polar surface area (TPSA) is 69.6 Å². The molecule has 0 aliphatic carbocycles. The van der Waals surface area contributed by atoms with E-state index in [4.69, 9.17) is 5.11 Å². The van der Waals surface area contributed by atoms with Crippen LogP contribution in [0.25, 0.3) is 0 Å². The van der Waals surface area contributed by atoms with E-state index in [0.29, 0.717) is 12.1 Å². The van der Waals surface area contributed by atoms with E-state index in [9.17, 15) is 22.8 Å². The number of aliphatic hydroxyl groups excluding tert-OH is 1. The normalized spacial score (nSPS) is 11.9. The van der Waals surface area contributed by atoms with Crippen LogP contribution in [0.2, 0.25) is 0 Å². The highest BCUT2D eigenvalue weighted by molar-refractivity contribution is 6.39. The number of rotatable bonds is 4. The highest BCUT2D eigenvalue weighted by atomic mass is 19.2. The van der Waals surface area contributed by atoms with Gasteiger partial charge in [-0.1, -0.05) is 0 Å². The number of hydrogen-bond acceptors (Lipinski definition) is 3. The minimum Gasteiger partial charge on any atom is -0.393 e. The summed E-state index contributed by atoms with van der Waals surface area (Å²) in [6.45, 7) is 1.67. The highest BCUT2D eigenvalue weighted by Crippen LogP contribution is 2.17. The lowest BCUT2D eigenvalue weighted by molar-refractivity contribution is -0.142. The highest BCUT2D eigenvalue weighted by Gasteiger charge is 2.20. The number of aliphatic hydroxyl groups is 1. The zero-order valence-electron chi connectivity index (χ0n) is 11.5. The van der Waals surface area contributed by atoms with E-state index in [1.165, 1.54) is 14.0 Å². The molecule has 2 N–H and O–H groups in total. The molecule has 0 aliphatic heterocycles. The van der Waals surface area contributed by atoms with E-state index < -0.39 is 35.4 Å². The first-order valence-corrected chi connectivity index (χ1v) is 6.11. The molecule has 1 aromatic carbocycles. The fourth-order valence-electron chi connectivity index (χ4n) is 1.47. The zero-order chi connectivity index (χ0) is 16.2. The van der Waals surface area contributed by atoms with Crippen molar-refractivity contribution in [3.8, 4) is 0 Å². The van der Waals surface area contributed by atoms with E-state index in [1.54, 1.807) is 0 Å². The van der Waals surface area contributed by atoms with Crippen LogP contribution in [-0.4, -0.2) is 41.5 Å². The number of carbonyl (C=O) groups excluding carboxylic acids is 2. The van der Waals surface area contributed by atoms with Gasteiger partial charge in [0.15, 0.2) is 17.5 Å². The van der Waals surface area contributed by atoms with Gasteiger partial charge >= 0.3 is 11.8 Å². The Morgan fingerprint density at radius 1 is 1.29 bits per heavy atom. The minimum absolute atomic E-state index is 0.135. The van der Waals surface area contributed by atoms with Crippen LogP contribution in [-0.2, 0) is 9.59 Å². The van der Waals surface area contributed by atoms with Crippen molar-refractivity contribution in [3.63, 3.8) is 0 Å². The summed E-state index contributed by atoms with van der Waals surface area (Å²) in [5.74, 6) is -6.66. The molecule has 1 rings (SSSR count). The van der Waals surface area contributed by atoms with E-state index in [0.717, 1.165) is 4.90 Å². The largest absolute Gasteiger partial charge is 0.393 e. The molecule has 0 spiro atoms. The van der Waals surface area contributed by atoms with Gasteiger partial charge in [0.2, 0.25) is 0 Å². The Bertz CT molecular complexity index is 526. The van der Waals surface area contributed by atoms with Gasteiger partial charge in [0, 0.05) is 31.4 Å². The summed E-state index contributed by atoms with van der Waals surface area (Å²) in [6.07, 6.45) is -0.362. The van der Waals surface area contributed by atoms with Crippen LogP contribution in [0.5, 0.6) is 0 Å². The quantitative estimate of drug-likeness (QED) is 0.650. The number of hydrogen-bond donors (Lipinski definition) is 2. The monoisotopic (exact) mass is 304 g/mol. The van der Waals surface area contributed by atoms with Crippen molar-refractivity contribution >= 4 is 17.5 Å². The summed E-state index contributed by atoms with van der Waals surface area (Å²) in [4.78, 5) is 24.3. The Morgan fingerprint density at radius 3 is 2.29 bits per heavy atom. The molecule has 0 fully saturated rings. The number of halogens is 3. The SMILES string of the molecule is CC(O)CCN(C)C(=O)C(=O)Nc1cc(F)c(F)c(F)c1. The first-order chi connectivity index (χ1) is 9.72. The van der Waals surface area contributed by atoms with Gasteiger partial charge in [0.1, 0.15) is 0 Å². The van der Waals surface area contributed by atoms with E-state index in [2.05, 4.69) is 0 Å². The van der Waals surface area contributed by atoms with Crippen molar-refractivity contribution in [3.05, 3.63) is 29.6 Å². The first-order valence-electron chi connectivity index (χ1n) is 6.11. The summed E-state index contributed by atoms with van der Waals surface area (Å²) < 4.78 is 38.7. The second-order valence-corrected chi connectivity index (χ2v) is 4.57. The number of amides is 2. The van der Waals surface area contributed by atoms with Crippen molar-refractivity contribution in [1.29, 1.82) is 0 Å². The summed E-state index contributed by atoms with van der Waals surface area (Å²) in [7, 11) is 1.34. The van der Waals surface area contributed by atoms with E-state index in [1.807, 2.05) is 5.32 Å². The molecule has 0 aliphatic rings. The number of carbonyl (C=O) groups is 2. The average Bonchev–Trinajstić information content (AvgIpc) is 2.40. The van der Waals surface area contributed by atoms with Gasteiger partial charge in [0.25, 0.3) is 0 Å². The molecule has 0 heterocycles. The average molecular weight is 304 g/mol. The predicted molar refractivity (Wildman–Crippen MR) is 68.9 cm³/mol. The van der Waals surface area contributed by atoms with Gasteiger partial charge in [-0.3, -0.25) is 9.59 Å². The molecule has 5 nitrogen and oxygen atoms in total. The minimum atomic E-state index is -1.66. The lowest BCUT2D eigenvalue weighted by atomic mass is 10.2. The van der Waals surface area contributed by atoms with Gasteiger partial charge in [-0.05, 0) is 13.3 Å². The van der Waals surface area contributed by atoms with Crippen molar-refractivity contribution in [2.24, 2.45) is 0 Å². The van der Waals surface area contributed by atoms with Crippen LogP contribution in [0.1, 0.15) is 13.3 Å². The van der Waals surface area contributed by atoms with E-state index in [-0.39, 0.29) is 18.7 Å². The third kappa shape index (κ3) is 4.75. The molecule has 0 aromatic heterocycles. The van der Waals surface area contributed by atoms with Crippen LogP contribution < -0.4 is 5.32 Å². The maximum atomic E-state index is 13.0. The summed E-state index contributed by atoms with van der Waals surface area (Å²) in [6, 6.07) is 1.14. The molecular formula is C13H15F3N2O3. The van der Waals surface area contributed by atoms with Crippen LogP contribution in [0.4, 0.5) is 18.9 Å². The van der Waals surface area contributed by atoms with Crippen LogP contribution in [0.15, 0.2) is 12.1 Å². The maximum absolute atomic E-state index is 13.0. The molecule has 0 radical (unpaired) electrons. The van der Waals surface area contributed by atoms with Crippen molar-refractivity contribution in [2.45, 2.75) is 19.4 Å². The molecule has 1 unspecified atom stereocenters. The molecule has 21 heavy (non-hydrogen) atoms. The molecule has 0 saturated carbocycles. The number of nitrogens with one attached hydrogen (secondary N) is 1. The van der Waals surface area contributed by atoms with Crippen LogP contribution in [0.3, 0.4) is 0 Å². The predicted octanol–water partition coefficient (Wildman–Crippen LogP) is 1.27. The fraction of sp³-hybridized carbons (Fsp3) is 0.385. The number of benzene rings is 1. The Morgan fingerprint density at radius 2 is 1.81 bits per heavy atom. The van der Waals surface area contributed by atoms with Crippen molar-refractivity contribution in [2.75, 3.05) is 18.9 Å². The molecule has 116 valence electrons. The standard InChI is InChI=1S/C13H15F3N2O3/c1-7(19)3-4-18(2)13(21)12(20)17-8-5-9(14)11(16)10(15)6-8/h5-7,19H,3-4H2,1-2H3,(H,17,20). The maximum Gasteiger partial charge on any atom is 0.313 e. The van der Waals surface area contributed by atoms with Gasteiger partial charge in [0.05, 0.1) is 6.10 Å². The van der Waals surface area contributed by atoms with Gasteiger partial charge in [-0.25, -0.2) is 13.2 Å². The van der Waals surface area contributed by atoms with Gasteiger partial charge < -0.3 is 15.3 Å².